The van der Waals surface area contributed by atoms with Crippen molar-refractivity contribution < 1.29 is 9.53 Å². The standard InChI is InChI=1S/C19H19N5O2S/c1-11(25)21-19-24-16(12-6-7-12)17(27-19)15-8-9-20-18(23-15)22-13-4-3-5-14(10-13)26-2/h3-5,8-10,12H,6-7H2,1-2H3,(H,20,22,23)(H,21,24,25). The molecule has 7 nitrogen and oxygen atoms in total. The molecule has 0 bridgehead atoms. The molecular formula is C19H19N5O2S. The van der Waals surface area contributed by atoms with Crippen molar-refractivity contribution in [2.75, 3.05) is 17.7 Å². The topological polar surface area (TPSA) is 89.0 Å². The summed E-state index contributed by atoms with van der Waals surface area (Å²) in [4.78, 5) is 25.9. The lowest BCUT2D eigenvalue weighted by Crippen LogP contribution is -2.05. The van der Waals surface area contributed by atoms with Crippen molar-refractivity contribution in [2.45, 2.75) is 25.7 Å². The Labute approximate surface area is 160 Å². The molecule has 1 amide bonds. The first-order valence-corrected chi connectivity index (χ1v) is 9.47. The Balaban J connectivity index is 1.64. The Kier molecular flexibility index (Phi) is 4.72. The molecule has 0 spiro atoms. The number of hydrogen-bond donors (Lipinski definition) is 2. The van der Waals surface area contributed by atoms with Gasteiger partial charge >= 0.3 is 0 Å². The SMILES string of the molecule is COc1cccc(Nc2nccc(-c3sc(NC(C)=O)nc3C3CC3)n2)c1. The van der Waals surface area contributed by atoms with E-state index < -0.39 is 0 Å². The number of nitrogens with one attached hydrogen (secondary N) is 2. The quantitative estimate of drug-likeness (QED) is 0.666. The number of hydrogen-bond acceptors (Lipinski definition) is 7. The molecule has 0 aliphatic heterocycles. The summed E-state index contributed by atoms with van der Waals surface area (Å²) in [6, 6.07) is 9.46. The fourth-order valence-electron chi connectivity index (χ4n) is 2.73. The first kappa shape index (κ1) is 17.4. The average molecular weight is 381 g/mol. The number of rotatable bonds is 6. The summed E-state index contributed by atoms with van der Waals surface area (Å²) in [6.45, 7) is 1.48. The van der Waals surface area contributed by atoms with Crippen molar-refractivity contribution in [3.63, 3.8) is 0 Å². The largest absolute Gasteiger partial charge is 0.497 e. The Bertz CT molecular complexity index is 984. The monoisotopic (exact) mass is 381 g/mol. The summed E-state index contributed by atoms with van der Waals surface area (Å²) in [7, 11) is 1.63. The van der Waals surface area contributed by atoms with Crippen LogP contribution in [0.25, 0.3) is 10.6 Å². The van der Waals surface area contributed by atoms with Crippen LogP contribution in [0.4, 0.5) is 16.8 Å². The molecule has 1 aromatic carbocycles. The molecule has 1 fully saturated rings. The maximum Gasteiger partial charge on any atom is 0.227 e. The highest BCUT2D eigenvalue weighted by atomic mass is 32.1. The van der Waals surface area contributed by atoms with Crippen molar-refractivity contribution in [2.24, 2.45) is 0 Å². The number of anilines is 3. The third-order valence-corrected chi connectivity index (χ3v) is 5.12. The summed E-state index contributed by atoms with van der Waals surface area (Å²) < 4.78 is 5.25. The van der Waals surface area contributed by atoms with E-state index in [-0.39, 0.29) is 5.91 Å². The number of ether oxygens (including phenoxy) is 1. The molecule has 2 N–H and O–H groups in total. The van der Waals surface area contributed by atoms with Gasteiger partial charge in [-0.3, -0.25) is 4.79 Å². The molecular weight excluding hydrogens is 362 g/mol. The molecule has 1 aliphatic rings. The molecule has 0 atom stereocenters. The zero-order valence-electron chi connectivity index (χ0n) is 15.0. The van der Waals surface area contributed by atoms with Gasteiger partial charge in [-0.1, -0.05) is 17.4 Å². The Hall–Kier alpha value is -3.00. The summed E-state index contributed by atoms with van der Waals surface area (Å²) in [5.74, 6) is 1.58. The van der Waals surface area contributed by atoms with Gasteiger partial charge in [-0.15, -0.1) is 0 Å². The maximum atomic E-state index is 11.4. The van der Waals surface area contributed by atoms with E-state index in [1.165, 1.54) is 18.3 Å². The predicted octanol–water partition coefficient (Wildman–Crippen LogP) is 4.19. The Morgan fingerprint density at radius 1 is 1.26 bits per heavy atom. The van der Waals surface area contributed by atoms with Crippen molar-refractivity contribution in [1.82, 2.24) is 15.0 Å². The van der Waals surface area contributed by atoms with Gasteiger partial charge in [0, 0.05) is 30.8 Å². The molecule has 0 unspecified atom stereocenters. The third-order valence-electron chi connectivity index (χ3n) is 4.11. The van der Waals surface area contributed by atoms with E-state index in [1.807, 2.05) is 30.3 Å². The summed E-state index contributed by atoms with van der Waals surface area (Å²) in [6.07, 6.45) is 3.96. The number of aromatic nitrogens is 3. The molecule has 8 heteroatoms. The van der Waals surface area contributed by atoms with E-state index in [2.05, 4.69) is 25.6 Å². The van der Waals surface area contributed by atoms with Gasteiger partial charge in [-0.2, -0.15) is 0 Å². The second kappa shape index (κ2) is 7.32. The lowest BCUT2D eigenvalue weighted by molar-refractivity contribution is -0.114. The van der Waals surface area contributed by atoms with Crippen molar-refractivity contribution in [3.05, 3.63) is 42.2 Å². The third kappa shape index (κ3) is 4.06. The number of carbonyl (C=O) groups excluding carboxylic acids is 1. The smallest absolute Gasteiger partial charge is 0.227 e. The van der Waals surface area contributed by atoms with Crippen LogP contribution in [0.2, 0.25) is 0 Å². The van der Waals surface area contributed by atoms with Gasteiger partial charge in [-0.25, -0.2) is 15.0 Å². The zero-order valence-corrected chi connectivity index (χ0v) is 15.8. The highest BCUT2D eigenvalue weighted by Gasteiger charge is 2.31. The first-order chi connectivity index (χ1) is 13.1. The average Bonchev–Trinajstić information content (AvgIpc) is 3.42. The second-order valence-electron chi connectivity index (χ2n) is 6.31. The van der Waals surface area contributed by atoms with Crippen LogP contribution in [-0.2, 0) is 4.79 Å². The normalized spacial score (nSPS) is 13.3. The molecule has 138 valence electrons. The molecule has 1 aliphatic carbocycles. The van der Waals surface area contributed by atoms with E-state index >= 15 is 0 Å². The van der Waals surface area contributed by atoms with Crippen LogP contribution in [0.5, 0.6) is 5.75 Å². The summed E-state index contributed by atoms with van der Waals surface area (Å²) in [5.41, 5.74) is 2.65. The highest BCUT2D eigenvalue weighted by Crippen LogP contribution is 2.46. The second-order valence-corrected chi connectivity index (χ2v) is 7.31. The number of benzene rings is 1. The maximum absolute atomic E-state index is 11.4. The van der Waals surface area contributed by atoms with E-state index in [4.69, 9.17) is 4.74 Å². The number of carbonyl (C=O) groups is 1. The van der Waals surface area contributed by atoms with E-state index in [1.54, 1.807) is 13.3 Å². The molecule has 2 heterocycles. The fraction of sp³-hybridized carbons (Fsp3) is 0.263. The predicted molar refractivity (Wildman–Crippen MR) is 106 cm³/mol. The van der Waals surface area contributed by atoms with Gasteiger partial charge in [0.1, 0.15) is 5.75 Å². The highest BCUT2D eigenvalue weighted by molar-refractivity contribution is 7.19. The van der Waals surface area contributed by atoms with Crippen molar-refractivity contribution in [1.29, 1.82) is 0 Å². The minimum Gasteiger partial charge on any atom is -0.497 e. The summed E-state index contributed by atoms with van der Waals surface area (Å²) in [5, 5.41) is 6.60. The minimum atomic E-state index is -0.124. The van der Waals surface area contributed by atoms with Crippen LogP contribution < -0.4 is 15.4 Å². The van der Waals surface area contributed by atoms with Gasteiger partial charge in [0.2, 0.25) is 11.9 Å². The van der Waals surface area contributed by atoms with Crippen molar-refractivity contribution in [3.8, 4) is 16.3 Å². The van der Waals surface area contributed by atoms with Gasteiger partial charge in [0.15, 0.2) is 5.13 Å². The number of nitrogens with zero attached hydrogens (tertiary/aromatic N) is 3. The van der Waals surface area contributed by atoms with Crippen LogP contribution >= 0.6 is 11.3 Å². The van der Waals surface area contributed by atoms with Crippen LogP contribution in [0.15, 0.2) is 36.5 Å². The molecule has 3 aromatic rings. The Morgan fingerprint density at radius 3 is 2.85 bits per heavy atom. The van der Waals surface area contributed by atoms with Crippen LogP contribution in [0.1, 0.15) is 31.4 Å². The number of methoxy groups -OCH3 is 1. The van der Waals surface area contributed by atoms with Gasteiger partial charge in [0.05, 0.1) is 23.4 Å². The minimum absolute atomic E-state index is 0.124. The number of thiazole rings is 1. The zero-order chi connectivity index (χ0) is 18.8. The lowest BCUT2D eigenvalue weighted by atomic mass is 10.2. The molecule has 0 saturated heterocycles. The molecule has 2 aromatic heterocycles. The first-order valence-electron chi connectivity index (χ1n) is 8.65. The molecule has 27 heavy (non-hydrogen) atoms. The van der Waals surface area contributed by atoms with Crippen LogP contribution in [-0.4, -0.2) is 28.0 Å². The van der Waals surface area contributed by atoms with E-state index in [9.17, 15) is 4.79 Å². The van der Waals surface area contributed by atoms with E-state index in [0.717, 1.165) is 40.5 Å². The summed E-state index contributed by atoms with van der Waals surface area (Å²) >= 11 is 1.45. The van der Waals surface area contributed by atoms with Gasteiger partial charge in [-0.05, 0) is 31.0 Å². The molecule has 4 rings (SSSR count). The van der Waals surface area contributed by atoms with Crippen molar-refractivity contribution >= 4 is 34.0 Å². The lowest BCUT2D eigenvalue weighted by Gasteiger charge is -2.08. The van der Waals surface area contributed by atoms with Crippen LogP contribution in [0, 0.1) is 0 Å². The Morgan fingerprint density at radius 2 is 2.11 bits per heavy atom. The van der Waals surface area contributed by atoms with Gasteiger partial charge in [0.25, 0.3) is 0 Å². The number of amides is 1. The van der Waals surface area contributed by atoms with Gasteiger partial charge < -0.3 is 15.4 Å². The van der Waals surface area contributed by atoms with Crippen LogP contribution in [0.3, 0.4) is 0 Å². The molecule has 1 saturated carbocycles. The molecule has 0 radical (unpaired) electrons. The fourth-order valence-corrected chi connectivity index (χ4v) is 3.80. The van der Waals surface area contributed by atoms with E-state index in [0.29, 0.717) is 17.0 Å².